The van der Waals surface area contributed by atoms with Crippen LogP contribution >= 0.6 is 0 Å². The van der Waals surface area contributed by atoms with Crippen LogP contribution in [0.15, 0.2) is 16.9 Å². The van der Waals surface area contributed by atoms with Crippen LogP contribution in [0.2, 0.25) is 0 Å². The van der Waals surface area contributed by atoms with E-state index in [1.54, 1.807) is 5.01 Å². The largest absolute Gasteiger partial charge is 0.464 e. The Hall–Kier alpha value is -1.72. The Balaban J connectivity index is 2.86. The van der Waals surface area contributed by atoms with Gasteiger partial charge in [0.25, 0.3) is 0 Å². The predicted molar refractivity (Wildman–Crippen MR) is 67.6 cm³/mol. The van der Waals surface area contributed by atoms with Gasteiger partial charge in [-0.15, -0.1) is 0 Å². The molecular weight excluding hydrogens is 234 g/mol. The smallest absolute Gasteiger partial charge is 0.419 e. The molecule has 7 heteroatoms. The zero-order valence-corrected chi connectivity index (χ0v) is 10.8. The molecule has 7 nitrogen and oxygen atoms in total. The van der Waals surface area contributed by atoms with Crippen molar-refractivity contribution in [3.63, 3.8) is 0 Å². The maximum atomic E-state index is 10.8. The summed E-state index contributed by atoms with van der Waals surface area (Å²) in [6.45, 7) is 4.42. The number of nitrogens with zero attached hydrogens (tertiary/aromatic N) is 4. The molecule has 0 saturated heterocycles. The van der Waals surface area contributed by atoms with Gasteiger partial charge in [0, 0.05) is 22.7 Å². The van der Waals surface area contributed by atoms with E-state index >= 15 is 0 Å². The number of unbranched alkanes of at least 4 members (excludes halogenated alkanes) is 1. The van der Waals surface area contributed by atoms with E-state index in [9.17, 15) is 4.79 Å². The van der Waals surface area contributed by atoms with Gasteiger partial charge >= 0.3 is 6.09 Å². The van der Waals surface area contributed by atoms with Gasteiger partial charge in [0.2, 0.25) is 0 Å². The molecule has 1 aliphatic heterocycles. The molecule has 1 amide bonds. The second kappa shape index (κ2) is 6.28. The van der Waals surface area contributed by atoms with Gasteiger partial charge in [0.05, 0.1) is 0 Å². The maximum Gasteiger partial charge on any atom is 0.419 e. The van der Waals surface area contributed by atoms with Crippen LogP contribution in [0.5, 0.6) is 0 Å². The fourth-order valence-corrected chi connectivity index (χ4v) is 2.08. The maximum absolute atomic E-state index is 10.8. The normalized spacial score (nSPS) is 24.0. The van der Waals surface area contributed by atoms with Crippen molar-refractivity contribution < 1.29 is 9.90 Å². The number of azide groups is 1. The fraction of sp³-hybridized carbons (Fsp3) is 0.727. The molecule has 0 aromatic heterocycles. The van der Waals surface area contributed by atoms with Crippen LogP contribution in [0, 0.1) is 0 Å². The van der Waals surface area contributed by atoms with Gasteiger partial charge in [-0.3, -0.25) is 5.43 Å². The minimum absolute atomic E-state index is 0.261. The van der Waals surface area contributed by atoms with Crippen molar-refractivity contribution in [2.45, 2.75) is 45.1 Å². The molecule has 1 aliphatic rings. The number of hydrazine groups is 1. The summed E-state index contributed by atoms with van der Waals surface area (Å²) in [7, 11) is 0. The fourth-order valence-electron chi connectivity index (χ4n) is 2.08. The molecule has 1 rings (SSSR count). The van der Waals surface area contributed by atoms with Crippen LogP contribution in [-0.2, 0) is 0 Å². The Morgan fingerprint density at radius 2 is 2.50 bits per heavy atom. The number of carboxylic acid groups (broad SMARTS) is 1. The lowest BCUT2D eigenvalue weighted by Gasteiger charge is -2.43. The van der Waals surface area contributed by atoms with Crippen LogP contribution in [0.4, 0.5) is 4.79 Å². The summed E-state index contributed by atoms with van der Waals surface area (Å²) >= 11 is 0. The zero-order valence-electron chi connectivity index (χ0n) is 10.8. The molecule has 0 aliphatic carbocycles. The number of rotatable bonds is 5. The molecule has 1 atom stereocenters. The number of nitrogens with one attached hydrogen (secondary N) is 1. The minimum Gasteiger partial charge on any atom is -0.464 e. The van der Waals surface area contributed by atoms with Crippen molar-refractivity contribution in [3.05, 3.63) is 22.2 Å². The quantitative estimate of drug-likeness (QED) is 0.447. The third-order valence-corrected chi connectivity index (χ3v) is 3.22. The molecule has 18 heavy (non-hydrogen) atoms. The van der Waals surface area contributed by atoms with Crippen molar-refractivity contribution in [3.8, 4) is 0 Å². The van der Waals surface area contributed by atoms with Crippen molar-refractivity contribution in [1.29, 1.82) is 0 Å². The summed E-state index contributed by atoms with van der Waals surface area (Å²) < 4.78 is 0. The van der Waals surface area contributed by atoms with E-state index in [1.165, 1.54) is 0 Å². The lowest BCUT2D eigenvalue weighted by Crippen LogP contribution is -2.57. The monoisotopic (exact) mass is 253 g/mol. The van der Waals surface area contributed by atoms with Crippen LogP contribution in [0.3, 0.4) is 0 Å². The standard InChI is InChI=1S/C11H19N5O2/c1-3-4-6-11(2)7-5-9(13-15-12)8-16(11)14-10(17)18/h5,14H,3-4,6-8H2,1-2H3,(H,17,18). The molecule has 2 N–H and O–H groups in total. The van der Waals surface area contributed by atoms with Crippen LogP contribution in [0.1, 0.15) is 39.5 Å². The number of hydrogen-bond acceptors (Lipinski definition) is 3. The predicted octanol–water partition coefficient (Wildman–Crippen LogP) is 3.02. The molecule has 0 bridgehead atoms. The number of hydrogen-bond donors (Lipinski definition) is 2. The number of carbonyl (C=O) groups is 1. The summed E-state index contributed by atoms with van der Waals surface area (Å²) in [4.78, 5) is 13.6. The van der Waals surface area contributed by atoms with E-state index in [-0.39, 0.29) is 5.54 Å². The molecule has 0 aromatic carbocycles. The van der Waals surface area contributed by atoms with Crippen molar-refractivity contribution >= 4 is 6.09 Å². The topological polar surface area (TPSA) is 101 Å². The Bertz CT molecular complexity index is 389. The molecule has 100 valence electrons. The molecule has 0 radical (unpaired) electrons. The van der Waals surface area contributed by atoms with Crippen molar-refractivity contribution in [2.75, 3.05) is 6.54 Å². The van der Waals surface area contributed by atoms with E-state index in [2.05, 4.69) is 22.4 Å². The summed E-state index contributed by atoms with van der Waals surface area (Å²) in [6.07, 6.45) is 4.43. The van der Waals surface area contributed by atoms with Gasteiger partial charge in [-0.25, -0.2) is 9.80 Å². The summed E-state index contributed by atoms with van der Waals surface area (Å²) in [5.74, 6) is 0. The molecule has 0 spiro atoms. The van der Waals surface area contributed by atoms with Crippen LogP contribution in [0.25, 0.3) is 10.4 Å². The Kier molecular flexibility index (Phi) is 5.00. The van der Waals surface area contributed by atoms with E-state index in [0.717, 1.165) is 19.3 Å². The Labute approximate surface area is 106 Å². The van der Waals surface area contributed by atoms with Gasteiger partial charge in [0.15, 0.2) is 0 Å². The minimum atomic E-state index is -1.10. The average Bonchev–Trinajstić information content (AvgIpc) is 2.31. The van der Waals surface area contributed by atoms with Crippen LogP contribution < -0.4 is 5.43 Å². The van der Waals surface area contributed by atoms with E-state index in [4.69, 9.17) is 10.6 Å². The summed E-state index contributed by atoms with van der Waals surface area (Å²) in [5.41, 5.74) is 11.1. The summed E-state index contributed by atoms with van der Waals surface area (Å²) in [6, 6.07) is 0. The van der Waals surface area contributed by atoms with Gasteiger partial charge in [-0.05, 0) is 25.3 Å². The molecule has 1 heterocycles. The van der Waals surface area contributed by atoms with Gasteiger partial charge in [0.1, 0.15) is 0 Å². The van der Waals surface area contributed by atoms with Gasteiger partial charge in [-0.2, -0.15) is 0 Å². The highest BCUT2D eigenvalue weighted by Crippen LogP contribution is 2.30. The van der Waals surface area contributed by atoms with E-state index < -0.39 is 6.09 Å². The summed E-state index contributed by atoms with van der Waals surface area (Å²) in [5, 5.41) is 14.1. The van der Waals surface area contributed by atoms with Crippen LogP contribution in [-0.4, -0.2) is 28.3 Å². The zero-order chi connectivity index (χ0) is 13.6. The molecule has 0 saturated carbocycles. The molecule has 0 fully saturated rings. The lowest BCUT2D eigenvalue weighted by atomic mass is 9.87. The third kappa shape index (κ3) is 3.65. The Morgan fingerprint density at radius 1 is 1.78 bits per heavy atom. The first-order valence-electron chi connectivity index (χ1n) is 6.03. The highest BCUT2D eigenvalue weighted by molar-refractivity contribution is 5.63. The Morgan fingerprint density at radius 3 is 3.06 bits per heavy atom. The first kappa shape index (κ1) is 14.3. The van der Waals surface area contributed by atoms with Crippen molar-refractivity contribution in [2.24, 2.45) is 5.11 Å². The van der Waals surface area contributed by atoms with Crippen molar-refractivity contribution in [1.82, 2.24) is 10.4 Å². The second-order valence-corrected chi connectivity index (χ2v) is 4.69. The first-order valence-corrected chi connectivity index (χ1v) is 6.03. The van der Waals surface area contributed by atoms with E-state index in [1.807, 2.05) is 13.0 Å². The van der Waals surface area contributed by atoms with Gasteiger partial charge < -0.3 is 5.11 Å². The molecule has 0 aromatic rings. The molecular formula is C11H19N5O2. The highest BCUT2D eigenvalue weighted by atomic mass is 16.4. The third-order valence-electron chi connectivity index (χ3n) is 3.22. The SMILES string of the molecule is CCCCC1(C)CC=C(N=[N+]=[N-])CN1NC(=O)O. The highest BCUT2D eigenvalue weighted by Gasteiger charge is 2.34. The molecule has 1 unspecified atom stereocenters. The van der Waals surface area contributed by atoms with E-state index in [0.29, 0.717) is 18.7 Å². The van der Waals surface area contributed by atoms with Gasteiger partial charge in [-0.1, -0.05) is 31.0 Å². The first-order chi connectivity index (χ1) is 8.51. The average molecular weight is 253 g/mol. The number of amides is 1. The lowest BCUT2D eigenvalue weighted by molar-refractivity contribution is 0.0412. The second-order valence-electron chi connectivity index (χ2n) is 4.69.